The second-order valence-electron chi connectivity index (χ2n) is 8.08. The van der Waals surface area contributed by atoms with Crippen molar-refractivity contribution in [2.24, 2.45) is 11.7 Å². The van der Waals surface area contributed by atoms with Crippen molar-refractivity contribution in [3.8, 4) is 5.75 Å². The van der Waals surface area contributed by atoms with E-state index in [0.29, 0.717) is 6.61 Å². The van der Waals surface area contributed by atoms with Crippen molar-refractivity contribution in [2.45, 2.75) is 44.8 Å². The summed E-state index contributed by atoms with van der Waals surface area (Å²) in [7, 11) is 0. The summed E-state index contributed by atoms with van der Waals surface area (Å²) in [5.41, 5.74) is 8.52. The van der Waals surface area contributed by atoms with E-state index in [0.717, 1.165) is 67.6 Å². The Morgan fingerprint density at radius 1 is 1.14 bits per heavy atom. The molecule has 1 heterocycles. The van der Waals surface area contributed by atoms with Gasteiger partial charge >= 0.3 is 0 Å². The van der Waals surface area contributed by atoms with Crippen LogP contribution in [0.2, 0.25) is 0 Å². The molecule has 1 amide bonds. The molecule has 2 aliphatic rings. The number of fused-ring (bicyclic) bond motifs is 1. The van der Waals surface area contributed by atoms with Crippen LogP contribution in [0.15, 0.2) is 48.5 Å². The van der Waals surface area contributed by atoms with Crippen molar-refractivity contribution in [1.82, 2.24) is 4.90 Å². The van der Waals surface area contributed by atoms with Crippen LogP contribution < -0.4 is 10.5 Å². The minimum atomic E-state index is -0.245. The lowest BCUT2D eigenvalue weighted by molar-refractivity contribution is -0.122. The maximum atomic E-state index is 13.0. The molecule has 29 heavy (non-hydrogen) atoms. The van der Waals surface area contributed by atoms with Crippen LogP contribution in [-0.4, -0.2) is 35.7 Å². The second kappa shape index (κ2) is 8.78. The smallest absolute Gasteiger partial charge is 0.234 e. The Bertz CT molecular complexity index is 881. The molecule has 0 saturated carbocycles. The number of amides is 1. The normalized spacial score (nSPS) is 21.7. The molecule has 1 aliphatic heterocycles. The quantitative estimate of drug-likeness (QED) is 0.784. The van der Waals surface area contributed by atoms with Crippen molar-refractivity contribution < 1.29 is 14.3 Å². The SMILES string of the molecule is NC(=O)[C@@H]1CCCN1CCC1CCc2cc(OCc3ccccc3)ccc2C1=O. The maximum absolute atomic E-state index is 13.0. The van der Waals surface area contributed by atoms with Crippen molar-refractivity contribution >= 4 is 11.7 Å². The summed E-state index contributed by atoms with van der Waals surface area (Å²) in [5.74, 6) is 0.800. The Balaban J connectivity index is 1.36. The zero-order valence-electron chi connectivity index (χ0n) is 16.7. The van der Waals surface area contributed by atoms with Gasteiger partial charge in [0.25, 0.3) is 0 Å². The number of aryl methyl sites for hydroxylation is 1. The summed E-state index contributed by atoms with van der Waals surface area (Å²) >= 11 is 0. The molecule has 2 atom stereocenters. The second-order valence-corrected chi connectivity index (χ2v) is 8.08. The topological polar surface area (TPSA) is 72.6 Å². The van der Waals surface area contributed by atoms with Gasteiger partial charge in [-0.15, -0.1) is 0 Å². The monoisotopic (exact) mass is 392 g/mol. The zero-order valence-corrected chi connectivity index (χ0v) is 16.7. The molecule has 0 bridgehead atoms. The molecule has 2 aromatic rings. The van der Waals surface area contributed by atoms with E-state index < -0.39 is 0 Å². The van der Waals surface area contributed by atoms with Crippen LogP contribution in [0.4, 0.5) is 0 Å². The third kappa shape index (κ3) is 4.51. The first kappa shape index (κ1) is 19.6. The van der Waals surface area contributed by atoms with Gasteiger partial charge in [-0.1, -0.05) is 30.3 Å². The summed E-state index contributed by atoms with van der Waals surface area (Å²) < 4.78 is 5.91. The minimum Gasteiger partial charge on any atom is -0.489 e. The highest BCUT2D eigenvalue weighted by Crippen LogP contribution is 2.31. The third-order valence-electron chi connectivity index (χ3n) is 6.18. The van der Waals surface area contributed by atoms with Crippen LogP contribution in [0.5, 0.6) is 5.75 Å². The van der Waals surface area contributed by atoms with Gasteiger partial charge < -0.3 is 10.5 Å². The van der Waals surface area contributed by atoms with Crippen LogP contribution in [0.25, 0.3) is 0 Å². The Morgan fingerprint density at radius 3 is 2.76 bits per heavy atom. The first-order valence-corrected chi connectivity index (χ1v) is 10.5. The molecule has 4 rings (SSSR count). The molecule has 1 aliphatic carbocycles. The number of carbonyl (C=O) groups is 2. The van der Waals surface area contributed by atoms with E-state index in [1.807, 2.05) is 48.5 Å². The van der Waals surface area contributed by atoms with Gasteiger partial charge in [0.1, 0.15) is 12.4 Å². The number of carbonyl (C=O) groups excluding carboxylic acids is 2. The lowest BCUT2D eigenvalue weighted by atomic mass is 9.81. The summed E-state index contributed by atoms with van der Waals surface area (Å²) in [6.07, 6.45) is 4.36. The average Bonchev–Trinajstić information content (AvgIpc) is 3.21. The molecule has 0 spiro atoms. The largest absolute Gasteiger partial charge is 0.489 e. The van der Waals surface area contributed by atoms with Gasteiger partial charge in [-0.05, 0) is 74.5 Å². The van der Waals surface area contributed by atoms with Crippen molar-refractivity contribution in [3.63, 3.8) is 0 Å². The molecular formula is C24H28N2O3. The third-order valence-corrected chi connectivity index (χ3v) is 6.18. The Morgan fingerprint density at radius 2 is 1.97 bits per heavy atom. The fourth-order valence-electron chi connectivity index (χ4n) is 4.54. The van der Waals surface area contributed by atoms with Crippen LogP contribution in [0.3, 0.4) is 0 Å². The first-order valence-electron chi connectivity index (χ1n) is 10.5. The Labute approximate surface area is 171 Å². The van der Waals surface area contributed by atoms with E-state index in [2.05, 4.69) is 4.90 Å². The number of ether oxygens (including phenoxy) is 1. The van der Waals surface area contributed by atoms with Crippen molar-refractivity contribution in [1.29, 1.82) is 0 Å². The molecule has 0 radical (unpaired) electrons. The number of rotatable bonds is 7. The van der Waals surface area contributed by atoms with E-state index >= 15 is 0 Å². The van der Waals surface area contributed by atoms with Crippen LogP contribution in [0, 0.1) is 5.92 Å². The minimum absolute atomic E-state index is 0.0210. The van der Waals surface area contributed by atoms with Crippen molar-refractivity contribution in [2.75, 3.05) is 13.1 Å². The van der Waals surface area contributed by atoms with Gasteiger partial charge in [0.05, 0.1) is 6.04 Å². The number of primary amides is 1. The van der Waals surface area contributed by atoms with E-state index in [4.69, 9.17) is 10.5 Å². The van der Waals surface area contributed by atoms with Gasteiger partial charge in [0.15, 0.2) is 5.78 Å². The van der Waals surface area contributed by atoms with Gasteiger partial charge in [0, 0.05) is 11.5 Å². The molecular weight excluding hydrogens is 364 g/mol. The summed E-state index contributed by atoms with van der Waals surface area (Å²) in [5, 5.41) is 0. The number of Topliss-reactive ketones (excluding diaryl/α,β-unsaturated/α-hetero) is 1. The van der Waals surface area contributed by atoms with Gasteiger partial charge in [-0.2, -0.15) is 0 Å². The first-order chi connectivity index (χ1) is 14.1. The van der Waals surface area contributed by atoms with Gasteiger partial charge in [-0.3, -0.25) is 14.5 Å². The van der Waals surface area contributed by atoms with Crippen LogP contribution in [-0.2, 0) is 17.8 Å². The van der Waals surface area contributed by atoms with E-state index in [9.17, 15) is 9.59 Å². The van der Waals surface area contributed by atoms with E-state index in [-0.39, 0.29) is 23.7 Å². The van der Waals surface area contributed by atoms with Gasteiger partial charge in [0.2, 0.25) is 5.91 Å². The number of benzene rings is 2. The number of hydrogen-bond donors (Lipinski definition) is 1. The predicted octanol–water partition coefficient (Wildman–Crippen LogP) is 3.35. The van der Waals surface area contributed by atoms with E-state index in [1.54, 1.807) is 0 Å². The number of nitrogens with two attached hydrogens (primary N) is 1. The maximum Gasteiger partial charge on any atom is 0.234 e. The van der Waals surface area contributed by atoms with Gasteiger partial charge in [-0.25, -0.2) is 0 Å². The number of ketones is 1. The van der Waals surface area contributed by atoms with Crippen molar-refractivity contribution in [3.05, 3.63) is 65.2 Å². The molecule has 152 valence electrons. The highest BCUT2D eigenvalue weighted by atomic mass is 16.5. The molecule has 1 unspecified atom stereocenters. The van der Waals surface area contributed by atoms with E-state index in [1.165, 1.54) is 0 Å². The molecule has 5 heteroatoms. The van der Waals surface area contributed by atoms with Crippen LogP contribution >= 0.6 is 0 Å². The number of nitrogens with zero attached hydrogens (tertiary/aromatic N) is 1. The molecule has 0 aromatic heterocycles. The molecule has 5 nitrogen and oxygen atoms in total. The lowest BCUT2D eigenvalue weighted by Gasteiger charge is -2.27. The summed E-state index contributed by atoms with van der Waals surface area (Å²) in [4.78, 5) is 26.7. The standard InChI is InChI=1S/C24H28N2O3/c25-24(28)22-7-4-13-26(22)14-12-18-8-9-19-15-20(10-11-21(19)23(18)27)29-16-17-5-2-1-3-6-17/h1-3,5-6,10-11,15,18,22H,4,7-9,12-14,16H2,(H2,25,28)/t18?,22-/m0/s1. The molecule has 1 fully saturated rings. The number of likely N-dealkylation sites (tertiary alicyclic amines) is 1. The highest BCUT2D eigenvalue weighted by Gasteiger charge is 2.32. The van der Waals surface area contributed by atoms with Crippen LogP contribution in [0.1, 0.15) is 47.2 Å². The lowest BCUT2D eigenvalue weighted by Crippen LogP contribution is -2.41. The predicted molar refractivity (Wildman–Crippen MR) is 112 cm³/mol. The fraction of sp³-hybridized carbons (Fsp3) is 0.417. The summed E-state index contributed by atoms with van der Waals surface area (Å²) in [6, 6.07) is 15.7. The molecule has 2 N–H and O–H groups in total. The Kier molecular flexibility index (Phi) is 5.95. The highest BCUT2D eigenvalue weighted by molar-refractivity contribution is 6.00. The number of hydrogen-bond acceptors (Lipinski definition) is 4. The Hall–Kier alpha value is -2.66. The molecule has 2 aromatic carbocycles. The average molecular weight is 392 g/mol. The summed E-state index contributed by atoms with van der Waals surface area (Å²) in [6.45, 7) is 2.18. The fourth-order valence-corrected chi connectivity index (χ4v) is 4.54. The zero-order chi connectivity index (χ0) is 20.2. The molecule has 1 saturated heterocycles.